The molecule has 0 saturated carbocycles. The molecule has 31 heavy (non-hydrogen) atoms. The van der Waals surface area contributed by atoms with E-state index < -0.39 is 42.2 Å². The number of amides is 3. The third-order valence-electron chi connectivity index (χ3n) is 5.13. The van der Waals surface area contributed by atoms with Crippen molar-refractivity contribution in [3.63, 3.8) is 0 Å². The highest BCUT2D eigenvalue weighted by Crippen LogP contribution is 2.42. The molecule has 11 heteroatoms. The van der Waals surface area contributed by atoms with Crippen molar-refractivity contribution in [1.82, 2.24) is 15.2 Å². The minimum atomic E-state index is -3.77. The van der Waals surface area contributed by atoms with Crippen LogP contribution in [-0.2, 0) is 16.0 Å². The number of alkyl halides is 2. The molecule has 1 aromatic heterocycles. The fraction of sp³-hybridized carbons (Fsp3) is 0.300. The van der Waals surface area contributed by atoms with E-state index in [1.807, 2.05) is 0 Å². The Morgan fingerprint density at radius 2 is 2.03 bits per heavy atom. The number of aliphatic carboxylic acids is 1. The fourth-order valence-electron chi connectivity index (χ4n) is 3.60. The molecule has 0 spiro atoms. The molecule has 0 bridgehead atoms. The second-order valence-electron chi connectivity index (χ2n) is 7.21. The summed E-state index contributed by atoms with van der Waals surface area (Å²) in [6, 6.07) is 4.44. The maximum absolute atomic E-state index is 13.2. The molecule has 1 aromatic carbocycles. The largest absolute Gasteiger partial charge is 0.586 e. The van der Waals surface area contributed by atoms with Gasteiger partial charge in [0.2, 0.25) is 5.91 Å². The van der Waals surface area contributed by atoms with E-state index in [0.29, 0.717) is 16.0 Å². The molecule has 0 unspecified atom stereocenters. The first-order chi connectivity index (χ1) is 14.7. The number of benzene rings is 1. The number of rotatable bonds is 5. The molecule has 2 aromatic rings. The van der Waals surface area contributed by atoms with Crippen molar-refractivity contribution in [2.24, 2.45) is 5.92 Å². The number of hydrogen-bond donors (Lipinski definition) is 2. The summed E-state index contributed by atoms with van der Waals surface area (Å²) in [6.45, 7) is 1.56. The van der Waals surface area contributed by atoms with E-state index >= 15 is 0 Å². The zero-order valence-electron chi connectivity index (χ0n) is 16.1. The highest BCUT2D eigenvalue weighted by molar-refractivity contribution is 6.07. The van der Waals surface area contributed by atoms with Crippen LogP contribution < -0.4 is 14.8 Å². The number of urea groups is 1. The Kier molecular flexibility index (Phi) is 4.96. The molecule has 2 aliphatic rings. The van der Waals surface area contributed by atoms with Crippen molar-refractivity contribution in [3.8, 4) is 11.5 Å². The van der Waals surface area contributed by atoms with Crippen molar-refractivity contribution in [2.45, 2.75) is 31.7 Å². The summed E-state index contributed by atoms with van der Waals surface area (Å²) in [5.74, 6) is -3.15. The lowest BCUT2D eigenvalue weighted by atomic mass is 9.83. The van der Waals surface area contributed by atoms with Gasteiger partial charge in [0.1, 0.15) is 0 Å². The summed E-state index contributed by atoms with van der Waals surface area (Å²) in [7, 11) is 0. The maximum Gasteiger partial charge on any atom is 0.586 e. The second-order valence-corrected chi connectivity index (χ2v) is 7.21. The number of carbonyl (C=O) groups excluding carboxylic acids is 2. The normalized spacial score (nSPS) is 21.9. The Hall–Kier alpha value is -3.76. The first-order valence-corrected chi connectivity index (χ1v) is 9.31. The molecule has 9 nitrogen and oxygen atoms in total. The lowest BCUT2D eigenvalue weighted by Gasteiger charge is -2.43. The van der Waals surface area contributed by atoms with E-state index in [4.69, 9.17) is 0 Å². The van der Waals surface area contributed by atoms with Crippen LogP contribution in [0.4, 0.5) is 13.6 Å². The lowest BCUT2D eigenvalue weighted by Crippen LogP contribution is -2.68. The van der Waals surface area contributed by atoms with Crippen LogP contribution in [0.2, 0.25) is 0 Å². The number of halogens is 2. The van der Waals surface area contributed by atoms with Gasteiger partial charge in [0, 0.05) is 12.4 Å². The van der Waals surface area contributed by atoms with Crippen LogP contribution in [0.1, 0.15) is 24.1 Å². The molecule has 162 valence electrons. The first kappa shape index (κ1) is 20.5. The number of hydrogen-bond acceptors (Lipinski definition) is 6. The van der Waals surface area contributed by atoms with Crippen molar-refractivity contribution in [1.29, 1.82) is 0 Å². The van der Waals surface area contributed by atoms with E-state index in [1.165, 1.54) is 24.4 Å². The van der Waals surface area contributed by atoms with Crippen LogP contribution in [0, 0.1) is 5.92 Å². The summed E-state index contributed by atoms with van der Waals surface area (Å²) >= 11 is 0. The average molecular weight is 433 g/mol. The molecule has 2 aliphatic heterocycles. The van der Waals surface area contributed by atoms with Crippen LogP contribution in [0.15, 0.2) is 42.7 Å². The smallest absolute Gasteiger partial charge is 0.480 e. The number of pyridine rings is 1. The number of carbonyl (C=O) groups is 3. The van der Waals surface area contributed by atoms with Crippen molar-refractivity contribution >= 4 is 17.9 Å². The van der Waals surface area contributed by atoms with Gasteiger partial charge in [-0.2, -0.15) is 0 Å². The van der Waals surface area contributed by atoms with Crippen LogP contribution >= 0.6 is 0 Å². The highest BCUT2D eigenvalue weighted by Gasteiger charge is 2.54. The number of carboxylic acid groups (broad SMARTS) is 1. The molecular formula is C20H17F2N3O6. The number of likely N-dealkylation sites (tertiary alicyclic amines) is 1. The Morgan fingerprint density at radius 1 is 1.29 bits per heavy atom. The number of imide groups is 1. The molecule has 0 aliphatic carbocycles. The minimum absolute atomic E-state index is 0.138. The van der Waals surface area contributed by atoms with E-state index in [-0.39, 0.29) is 17.9 Å². The van der Waals surface area contributed by atoms with Crippen LogP contribution in [0.5, 0.6) is 11.5 Å². The van der Waals surface area contributed by atoms with E-state index in [1.54, 1.807) is 25.3 Å². The Morgan fingerprint density at radius 3 is 2.71 bits per heavy atom. The number of ether oxygens (including phenoxy) is 2. The van der Waals surface area contributed by atoms with Gasteiger partial charge in [0.25, 0.3) is 0 Å². The molecule has 4 rings (SSSR count). The topological polar surface area (TPSA) is 118 Å². The summed E-state index contributed by atoms with van der Waals surface area (Å²) in [5, 5.41) is 12.1. The number of nitrogens with one attached hydrogen (secondary N) is 1. The monoisotopic (exact) mass is 433 g/mol. The van der Waals surface area contributed by atoms with Crippen LogP contribution in [0.25, 0.3) is 0 Å². The zero-order valence-corrected chi connectivity index (χ0v) is 16.1. The second kappa shape index (κ2) is 7.49. The fourth-order valence-corrected chi connectivity index (χ4v) is 3.60. The van der Waals surface area contributed by atoms with Gasteiger partial charge in [-0.3, -0.25) is 9.78 Å². The third-order valence-corrected chi connectivity index (χ3v) is 5.13. The quantitative estimate of drug-likeness (QED) is 0.695. The Labute approximate surface area is 174 Å². The number of fused-ring (bicyclic) bond motifs is 1. The number of carboxylic acids is 1. The summed E-state index contributed by atoms with van der Waals surface area (Å²) in [5.41, 5.74) is 1.08. The molecule has 3 heterocycles. The lowest BCUT2D eigenvalue weighted by molar-refractivity contribution is -0.286. The third kappa shape index (κ3) is 3.86. The average Bonchev–Trinajstić information content (AvgIpc) is 3.03. The molecular weight excluding hydrogens is 416 g/mol. The molecule has 0 radical (unpaired) electrons. The van der Waals surface area contributed by atoms with Gasteiger partial charge in [-0.15, -0.1) is 8.78 Å². The van der Waals surface area contributed by atoms with Crippen molar-refractivity contribution in [2.75, 3.05) is 0 Å². The van der Waals surface area contributed by atoms with E-state index in [9.17, 15) is 28.3 Å². The molecule has 3 atom stereocenters. The Bertz CT molecular complexity index is 1050. The molecule has 1 saturated heterocycles. The van der Waals surface area contributed by atoms with Gasteiger partial charge in [-0.05, 0) is 42.7 Å². The van der Waals surface area contributed by atoms with Gasteiger partial charge in [-0.1, -0.05) is 12.1 Å². The summed E-state index contributed by atoms with van der Waals surface area (Å²) in [6.07, 6.45) is -0.547. The van der Waals surface area contributed by atoms with Gasteiger partial charge in [0.05, 0.1) is 12.0 Å². The van der Waals surface area contributed by atoms with E-state index in [0.717, 1.165) is 0 Å². The van der Waals surface area contributed by atoms with Crippen molar-refractivity contribution < 1.29 is 37.7 Å². The van der Waals surface area contributed by atoms with Gasteiger partial charge < -0.3 is 19.9 Å². The zero-order chi connectivity index (χ0) is 22.3. The highest BCUT2D eigenvalue weighted by atomic mass is 19.3. The number of β-lactam (4-membered cyclic amide) rings is 1. The standard InChI is InChI=1S/C20H17F2N3O6/c1-10(12-4-5-14-15(8-12)31-20(21,22)30-14)24-19(29)25-16(18(27)28)13(17(25)26)7-11-3-2-6-23-9-11/h2-6,8-10,13,16H,7H2,1H3,(H,24,29)(H,27,28)/t10-,13-,16+/m1/s1. The van der Waals surface area contributed by atoms with Gasteiger partial charge in [-0.25, -0.2) is 14.5 Å². The van der Waals surface area contributed by atoms with Crippen molar-refractivity contribution in [3.05, 3.63) is 53.9 Å². The minimum Gasteiger partial charge on any atom is -0.480 e. The van der Waals surface area contributed by atoms with Crippen LogP contribution in [0.3, 0.4) is 0 Å². The van der Waals surface area contributed by atoms with Gasteiger partial charge in [0.15, 0.2) is 17.5 Å². The maximum atomic E-state index is 13.2. The van der Waals surface area contributed by atoms with E-state index in [2.05, 4.69) is 19.8 Å². The number of nitrogens with zero attached hydrogens (tertiary/aromatic N) is 2. The molecule has 2 N–H and O–H groups in total. The molecule has 1 fully saturated rings. The number of aromatic nitrogens is 1. The predicted octanol–water partition coefficient (Wildman–Crippen LogP) is 2.33. The van der Waals surface area contributed by atoms with Gasteiger partial charge >= 0.3 is 18.3 Å². The van der Waals surface area contributed by atoms with Crippen LogP contribution in [-0.4, -0.2) is 45.2 Å². The Balaban J connectivity index is 1.44. The predicted molar refractivity (Wildman–Crippen MR) is 99.3 cm³/mol. The molecule has 3 amide bonds. The summed E-state index contributed by atoms with van der Waals surface area (Å²) < 4.78 is 35.1. The summed E-state index contributed by atoms with van der Waals surface area (Å²) in [4.78, 5) is 41.4. The first-order valence-electron chi connectivity index (χ1n) is 9.31. The SMILES string of the molecule is C[C@@H](NC(=O)N1C(=O)[C@H](Cc2cccnc2)[C@H]1C(=O)O)c1ccc2c(c1)OC(F)(F)O2.